The highest BCUT2D eigenvalue weighted by Crippen LogP contribution is 2.29. The number of carbonyl (C=O) groups is 2. The summed E-state index contributed by atoms with van der Waals surface area (Å²) < 4.78 is 0. The van der Waals surface area contributed by atoms with Gasteiger partial charge in [-0.2, -0.15) is 0 Å². The normalized spacial score (nSPS) is 23.5. The third kappa shape index (κ3) is 3.61. The maximum absolute atomic E-state index is 12.4. The predicted octanol–water partition coefficient (Wildman–Crippen LogP) is 2.41. The lowest BCUT2D eigenvalue weighted by Crippen LogP contribution is -2.60. The molecule has 0 aromatic rings. The second-order valence-corrected chi connectivity index (χ2v) is 6.07. The van der Waals surface area contributed by atoms with Crippen LogP contribution in [0.3, 0.4) is 0 Å². The third-order valence-electron chi connectivity index (χ3n) is 3.95. The van der Waals surface area contributed by atoms with Crippen LogP contribution in [0.15, 0.2) is 0 Å². The van der Waals surface area contributed by atoms with Gasteiger partial charge in [-0.3, -0.25) is 0 Å². The molecular formula is C14H26N2O3. The molecule has 2 amide bonds. The first-order valence-electron chi connectivity index (χ1n) is 7.05. The van der Waals surface area contributed by atoms with Crippen LogP contribution in [0.1, 0.15) is 46.5 Å². The first-order valence-corrected chi connectivity index (χ1v) is 7.05. The molecule has 1 fully saturated rings. The quantitative estimate of drug-likeness (QED) is 0.853. The lowest BCUT2D eigenvalue weighted by atomic mass is 9.89. The molecule has 1 rings (SSSR count). The maximum Gasteiger partial charge on any atom is 0.329 e. The number of rotatable bonds is 4. The molecule has 1 N–H and O–H groups in total. The van der Waals surface area contributed by atoms with Crippen LogP contribution in [0, 0.1) is 5.92 Å². The number of likely N-dealkylation sites (tertiary alicyclic amines) is 1. The van der Waals surface area contributed by atoms with Crippen LogP contribution in [0.5, 0.6) is 0 Å². The van der Waals surface area contributed by atoms with Gasteiger partial charge in [0.1, 0.15) is 5.54 Å². The van der Waals surface area contributed by atoms with Crippen molar-refractivity contribution in [3.05, 3.63) is 0 Å². The summed E-state index contributed by atoms with van der Waals surface area (Å²) in [7, 11) is 1.75. The fraction of sp³-hybridized carbons (Fsp3) is 0.857. The van der Waals surface area contributed by atoms with E-state index in [1.165, 1.54) is 4.90 Å². The monoisotopic (exact) mass is 270 g/mol. The van der Waals surface area contributed by atoms with Gasteiger partial charge in [0.2, 0.25) is 0 Å². The van der Waals surface area contributed by atoms with E-state index in [2.05, 4.69) is 13.8 Å². The molecule has 0 saturated carbocycles. The highest BCUT2D eigenvalue weighted by molar-refractivity contribution is 5.86. The summed E-state index contributed by atoms with van der Waals surface area (Å²) in [4.78, 5) is 27.1. The van der Waals surface area contributed by atoms with Crippen LogP contribution in [0.4, 0.5) is 4.79 Å². The van der Waals surface area contributed by atoms with Crippen molar-refractivity contribution < 1.29 is 14.7 Å². The van der Waals surface area contributed by atoms with Crippen LogP contribution in [0.25, 0.3) is 0 Å². The van der Waals surface area contributed by atoms with Gasteiger partial charge < -0.3 is 14.9 Å². The molecule has 0 spiro atoms. The number of hydrogen-bond acceptors (Lipinski definition) is 2. The Hall–Kier alpha value is -1.26. The summed E-state index contributed by atoms with van der Waals surface area (Å²) in [5.41, 5.74) is -1.05. The third-order valence-corrected chi connectivity index (χ3v) is 3.95. The van der Waals surface area contributed by atoms with Crippen molar-refractivity contribution in [3.8, 4) is 0 Å². The zero-order valence-corrected chi connectivity index (χ0v) is 12.5. The van der Waals surface area contributed by atoms with E-state index >= 15 is 0 Å². The Balaban J connectivity index is 2.75. The van der Waals surface area contributed by atoms with Gasteiger partial charge in [0.15, 0.2) is 0 Å². The van der Waals surface area contributed by atoms with Gasteiger partial charge in [-0.25, -0.2) is 9.59 Å². The van der Waals surface area contributed by atoms with Crippen LogP contribution < -0.4 is 0 Å². The fourth-order valence-corrected chi connectivity index (χ4v) is 2.40. The Kier molecular flexibility index (Phi) is 5.20. The minimum Gasteiger partial charge on any atom is -0.480 e. The summed E-state index contributed by atoms with van der Waals surface area (Å²) in [5.74, 6) is -0.375. The Morgan fingerprint density at radius 2 is 2.00 bits per heavy atom. The number of nitrogens with zero attached hydrogens (tertiary/aromatic N) is 2. The van der Waals surface area contributed by atoms with Crippen LogP contribution in [0.2, 0.25) is 0 Å². The lowest BCUT2D eigenvalue weighted by molar-refractivity contribution is -0.150. The van der Waals surface area contributed by atoms with Crippen LogP contribution >= 0.6 is 0 Å². The van der Waals surface area contributed by atoms with Crippen molar-refractivity contribution in [2.45, 2.75) is 52.0 Å². The molecule has 0 bridgehead atoms. The van der Waals surface area contributed by atoms with E-state index < -0.39 is 11.5 Å². The number of urea groups is 1. The average molecular weight is 270 g/mol. The molecule has 110 valence electrons. The first kappa shape index (κ1) is 15.8. The van der Waals surface area contributed by atoms with Crippen molar-refractivity contribution in [1.29, 1.82) is 0 Å². The van der Waals surface area contributed by atoms with E-state index in [0.29, 0.717) is 25.4 Å². The molecule has 0 aromatic heterocycles. The fourth-order valence-electron chi connectivity index (χ4n) is 2.40. The highest BCUT2D eigenvalue weighted by atomic mass is 16.4. The minimum atomic E-state index is -1.05. The van der Waals surface area contributed by atoms with Gasteiger partial charge in [0, 0.05) is 20.1 Å². The van der Waals surface area contributed by atoms with Gasteiger partial charge in [0.05, 0.1) is 0 Å². The summed E-state index contributed by atoms with van der Waals surface area (Å²) in [5, 5.41) is 9.40. The van der Waals surface area contributed by atoms with Gasteiger partial charge in [0.25, 0.3) is 0 Å². The van der Waals surface area contributed by atoms with Gasteiger partial charge in [-0.1, -0.05) is 13.8 Å². The second-order valence-electron chi connectivity index (χ2n) is 6.07. The molecule has 0 aliphatic carbocycles. The Bertz CT molecular complexity index is 344. The topological polar surface area (TPSA) is 60.9 Å². The van der Waals surface area contributed by atoms with Gasteiger partial charge >= 0.3 is 12.0 Å². The zero-order valence-electron chi connectivity index (χ0n) is 12.5. The molecule has 1 aliphatic heterocycles. The van der Waals surface area contributed by atoms with E-state index in [4.69, 9.17) is 0 Å². The molecule has 5 nitrogen and oxygen atoms in total. The van der Waals surface area contributed by atoms with Crippen LogP contribution in [-0.4, -0.2) is 52.6 Å². The van der Waals surface area contributed by atoms with E-state index in [0.717, 1.165) is 19.3 Å². The van der Waals surface area contributed by atoms with Crippen molar-refractivity contribution in [2.75, 3.05) is 20.1 Å². The summed E-state index contributed by atoms with van der Waals surface area (Å²) in [6.07, 6.45) is 3.21. The Labute approximate surface area is 115 Å². The molecule has 19 heavy (non-hydrogen) atoms. The smallest absolute Gasteiger partial charge is 0.329 e. The predicted molar refractivity (Wildman–Crippen MR) is 74.1 cm³/mol. The second kappa shape index (κ2) is 6.26. The summed E-state index contributed by atoms with van der Waals surface area (Å²) in [6.45, 7) is 7.08. The molecule has 0 aromatic carbocycles. The molecule has 1 atom stereocenters. The molecule has 1 unspecified atom stereocenters. The van der Waals surface area contributed by atoms with Gasteiger partial charge in [-0.15, -0.1) is 0 Å². The molecule has 1 saturated heterocycles. The van der Waals surface area contributed by atoms with E-state index in [9.17, 15) is 14.7 Å². The molecule has 5 heteroatoms. The molecule has 1 heterocycles. The number of piperidine rings is 1. The number of hydrogen-bond donors (Lipinski definition) is 1. The summed E-state index contributed by atoms with van der Waals surface area (Å²) >= 11 is 0. The molecule has 1 aliphatic rings. The van der Waals surface area contributed by atoms with E-state index in [-0.39, 0.29) is 6.03 Å². The number of carbonyl (C=O) groups excluding carboxylic acids is 1. The number of carboxylic acid groups (broad SMARTS) is 1. The average Bonchev–Trinajstić information content (AvgIpc) is 2.35. The maximum atomic E-state index is 12.4. The first-order chi connectivity index (χ1) is 8.79. The standard InChI is InChI=1S/C14H26N2O3/c1-11(2)7-10-15(4)13(19)16-9-6-5-8-14(16,3)12(17)18/h11H,5-10H2,1-4H3,(H,17,18). The lowest BCUT2D eigenvalue weighted by Gasteiger charge is -2.43. The van der Waals surface area contributed by atoms with Crippen LogP contribution in [-0.2, 0) is 4.79 Å². The Morgan fingerprint density at radius 3 is 2.53 bits per heavy atom. The number of aliphatic carboxylic acids is 1. The van der Waals surface area contributed by atoms with Crippen molar-refractivity contribution in [3.63, 3.8) is 0 Å². The largest absolute Gasteiger partial charge is 0.480 e. The zero-order chi connectivity index (χ0) is 14.6. The highest BCUT2D eigenvalue weighted by Gasteiger charge is 2.44. The van der Waals surface area contributed by atoms with Crippen molar-refractivity contribution in [1.82, 2.24) is 9.80 Å². The van der Waals surface area contributed by atoms with Crippen molar-refractivity contribution >= 4 is 12.0 Å². The molecule has 0 radical (unpaired) electrons. The summed E-state index contributed by atoms with van der Waals surface area (Å²) in [6, 6.07) is -0.162. The molecular weight excluding hydrogens is 244 g/mol. The van der Waals surface area contributed by atoms with E-state index in [1.807, 2.05) is 0 Å². The van der Waals surface area contributed by atoms with Crippen molar-refractivity contribution in [2.24, 2.45) is 5.92 Å². The number of amides is 2. The SMILES string of the molecule is CC(C)CCN(C)C(=O)N1CCCCC1(C)C(=O)O. The van der Waals surface area contributed by atoms with Gasteiger partial charge in [-0.05, 0) is 38.5 Å². The van der Waals surface area contributed by atoms with E-state index in [1.54, 1.807) is 18.9 Å². The number of carboxylic acids is 1. The minimum absolute atomic E-state index is 0.162. The Morgan fingerprint density at radius 1 is 1.37 bits per heavy atom.